The first-order valence-electron chi connectivity index (χ1n) is 16.0. The largest absolute Gasteiger partial charge is 0.377 e. The number of benzene rings is 2. The summed E-state index contributed by atoms with van der Waals surface area (Å²) in [7, 11) is 0.401. The number of anilines is 1. The van der Waals surface area contributed by atoms with Crippen molar-refractivity contribution in [3.8, 4) is 0 Å². The maximum Gasteiger partial charge on any atom is 0.243 e. The highest BCUT2D eigenvalue weighted by Gasteiger charge is 2.25. The Morgan fingerprint density at radius 1 is 0.610 bits per heavy atom. The van der Waals surface area contributed by atoms with Crippen LogP contribution >= 0.6 is 0 Å². The van der Waals surface area contributed by atoms with Gasteiger partial charge in [0.25, 0.3) is 0 Å². The van der Waals surface area contributed by atoms with Gasteiger partial charge in [0.1, 0.15) is 0 Å². The number of unbranched alkanes of at least 4 members (excludes halogenated alkanes) is 4. The maximum absolute atomic E-state index is 13.6. The lowest BCUT2D eigenvalue weighted by Gasteiger charge is -2.22. The topological polar surface area (TPSA) is 88.7 Å². The van der Waals surface area contributed by atoms with Crippen LogP contribution in [0.3, 0.4) is 0 Å². The summed E-state index contributed by atoms with van der Waals surface area (Å²) < 4.78 is 28.8. The first kappa shape index (κ1) is 35.4. The predicted octanol–water partition coefficient (Wildman–Crippen LogP) is 4.42. The van der Waals surface area contributed by atoms with Crippen molar-refractivity contribution >= 4 is 26.5 Å². The standard InChI is InChI=1S/C32H58N6O2S/c1-5-33-21-7-8-22-34-23-9-10-24-35-25-11-12-26-36-27-13-14-28-38(6-2)41(39,40)32-20-16-17-29-30(32)18-15-19-31(29)37(3)4/h15-20,33-36H,5-14,21-28H2,1-4H3. The van der Waals surface area contributed by atoms with E-state index in [1.54, 1.807) is 10.4 Å². The van der Waals surface area contributed by atoms with E-state index in [0.29, 0.717) is 18.0 Å². The molecule has 0 aliphatic carbocycles. The normalized spacial score (nSPS) is 12.0. The summed E-state index contributed by atoms with van der Waals surface area (Å²) >= 11 is 0. The molecule has 0 unspecified atom stereocenters. The van der Waals surface area contributed by atoms with E-state index in [1.165, 1.54) is 32.1 Å². The molecule has 2 aromatic carbocycles. The lowest BCUT2D eigenvalue weighted by Crippen LogP contribution is -2.32. The zero-order valence-electron chi connectivity index (χ0n) is 26.3. The summed E-state index contributed by atoms with van der Waals surface area (Å²) in [5.41, 5.74) is 1.02. The summed E-state index contributed by atoms with van der Waals surface area (Å²) in [6.45, 7) is 13.7. The van der Waals surface area contributed by atoms with Gasteiger partial charge in [0.05, 0.1) is 4.90 Å². The Labute approximate surface area is 251 Å². The van der Waals surface area contributed by atoms with Gasteiger partial charge < -0.3 is 26.2 Å². The van der Waals surface area contributed by atoms with Crippen LogP contribution in [0.5, 0.6) is 0 Å². The van der Waals surface area contributed by atoms with Gasteiger partial charge in [-0.3, -0.25) is 0 Å². The molecule has 0 bridgehead atoms. The van der Waals surface area contributed by atoms with Gasteiger partial charge >= 0.3 is 0 Å². The zero-order chi connectivity index (χ0) is 29.8. The van der Waals surface area contributed by atoms with Gasteiger partial charge in [-0.05, 0) is 116 Å². The van der Waals surface area contributed by atoms with Gasteiger partial charge in [-0.2, -0.15) is 4.31 Å². The van der Waals surface area contributed by atoms with Crippen LogP contribution in [0, 0.1) is 0 Å². The lowest BCUT2D eigenvalue weighted by molar-refractivity contribution is 0.413. The highest BCUT2D eigenvalue weighted by atomic mass is 32.2. The monoisotopic (exact) mass is 590 g/mol. The lowest BCUT2D eigenvalue weighted by atomic mass is 10.1. The molecule has 0 aromatic heterocycles. The molecule has 2 aromatic rings. The Balaban J connectivity index is 1.54. The maximum atomic E-state index is 13.6. The molecule has 0 fully saturated rings. The molecule has 8 nitrogen and oxygen atoms in total. The average molecular weight is 591 g/mol. The predicted molar refractivity (Wildman–Crippen MR) is 177 cm³/mol. The fraction of sp³-hybridized carbons (Fsp3) is 0.688. The number of fused-ring (bicyclic) bond motifs is 1. The highest BCUT2D eigenvalue weighted by Crippen LogP contribution is 2.31. The summed E-state index contributed by atoms with van der Waals surface area (Å²) in [4.78, 5) is 2.42. The van der Waals surface area contributed by atoms with E-state index in [4.69, 9.17) is 0 Å². The van der Waals surface area contributed by atoms with Crippen LogP contribution in [0.1, 0.15) is 65.2 Å². The van der Waals surface area contributed by atoms with E-state index in [-0.39, 0.29) is 0 Å². The van der Waals surface area contributed by atoms with E-state index in [2.05, 4.69) is 28.2 Å². The molecule has 0 atom stereocenters. The first-order valence-corrected chi connectivity index (χ1v) is 17.4. The number of rotatable bonds is 25. The van der Waals surface area contributed by atoms with E-state index in [0.717, 1.165) is 88.1 Å². The summed E-state index contributed by atoms with van der Waals surface area (Å²) in [5, 5.41) is 15.7. The van der Waals surface area contributed by atoms with Crippen molar-refractivity contribution in [1.29, 1.82) is 0 Å². The van der Waals surface area contributed by atoms with Gasteiger partial charge in [0.2, 0.25) is 10.0 Å². The van der Waals surface area contributed by atoms with Gasteiger partial charge in [0.15, 0.2) is 0 Å². The van der Waals surface area contributed by atoms with Crippen LogP contribution in [0.2, 0.25) is 0 Å². The molecular weight excluding hydrogens is 532 g/mol. The van der Waals surface area contributed by atoms with E-state index >= 15 is 0 Å². The number of sulfonamides is 1. The van der Waals surface area contributed by atoms with Crippen molar-refractivity contribution in [1.82, 2.24) is 25.6 Å². The molecule has 0 spiro atoms. The number of nitrogens with one attached hydrogen (secondary N) is 4. The minimum absolute atomic E-state index is 0.398. The van der Waals surface area contributed by atoms with Crippen LogP contribution in [-0.2, 0) is 10.0 Å². The van der Waals surface area contributed by atoms with Gasteiger partial charge in [-0.15, -0.1) is 0 Å². The van der Waals surface area contributed by atoms with Crippen LogP contribution in [0.4, 0.5) is 5.69 Å². The molecule has 0 amide bonds. The Morgan fingerprint density at radius 2 is 1.07 bits per heavy atom. The highest BCUT2D eigenvalue weighted by molar-refractivity contribution is 7.89. The van der Waals surface area contributed by atoms with Crippen LogP contribution < -0.4 is 26.2 Å². The Kier molecular flexibility index (Phi) is 18.2. The van der Waals surface area contributed by atoms with Crippen LogP contribution in [-0.4, -0.2) is 92.3 Å². The van der Waals surface area contributed by atoms with E-state index < -0.39 is 10.0 Å². The molecule has 9 heteroatoms. The van der Waals surface area contributed by atoms with Crippen LogP contribution in [0.25, 0.3) is 10.8 Å². The smallest absolute Gasteiger partial charge is 0.243 e. The molecule has 41 heavy (non-hydrogen) atoms. The molecule has 234 valence electrons. The second-order valence-corrected chi connectivity index (χ2v) is 12.9. The van der Waals surface area contributed by atoms with Crippen molar-refractivity contribution < 1.29 is 8.42 Å². The fourth-order valence-corrected chi connectivity index (χ4v) is 6.75. The van der Waals surface area contributed by atoms with Crippen molar-refractivity contribution in [3.05, 3.63) is 36.4 Å². The Bertz CT molecular complexity index is 1060. The molecule has 0 saturated heterocycles. The molecule has 0 heterocycles. The van der Waals surface area contributed by atoms with Crippen molar-refractivity contribution in [3.63, 3.8) is 0 Å². The molecule has 0 radical (unpaired) electrons. The minimum atomic E-state index is -3.56. The number of hydrogen-bond donors (Lipinski definition) is 4. The molecule has 2 rings (SSSR count). The van der Waals surface area contributed by atoms with Gasteiger partial charge in [0, 0.05) is 43.6 Å². The van der Waals surface area contributed by atoms with Crippen LogP contribution in [0.15, 0.2) is 41.3 Å². The third-order valence-corrected chi connectivity index (χ3v) is 9.48. The second-order valence-electron chi connectivity index (χ2n) is 11.0. The first-order chi connectivity index (χ1) is 19.9. The molecular formula is C32H58N6O2S. The van der Waals surface area contributed by atoms with Gasteiger partial charge in [-0.1, -0.05) is 38.1 Å². The number of nitrogens with zero attached hydrogens (tertiary/aromatic N) is 2. The zero-order valence-corrected chi connectivity index (χ0v) is 27.1. The minimum Gasteiger partial charge on any atom is -0.377 e. The summed E-state index contributed by atoms with van der Waals surface area (Å²) in [5.74, 6) is 0. The van der Waals surface area contributed by atoms with E-state index in [9.17, 15) is 8.42 Å². The summed E-state index contributed by atoms with van der Waals surface area (Å²) in [6, 6.07) is 11.5. The Hall–Kier alpha value is -1.75. The second kappa shape index (κ2) is 21.0. The average Bonchev–Trinajstić information content (AvgIpc) is 2.97. The number of hydrogen-bond acceptors (Lipinski definition) is 7. The SMILES string of the molecule is CCNCCCCNCCCCNCCCCNCCCCN(CC)S(=O)(=O)c1cccc2c(N(C)C)cccc12. The summed E-state index contributed by atoms with van der Waals surface area (Å²) in [6.07, 6.45) is 9.12. The van der Waals surface area contributed by atoms with Crippen molar-refractivity contribution in [2.24, 2.45) is 0 Å². The van der Waals surface area contributed by atoms with Crippen molar-refractivity contribution in [2.75, 3.05) is 84.4 Å². The van der Waals surface area contributed by atoms with E-state index in [1.807, 2.05) is 56.3 Å². The quantitative estimate of drug-likeness (QED) is 0.127. The third kappa shape index (κ3) is 13.0. The van der Waals surface area contributed by atoms with Crippen molar-refractivity contribution in [2.45, 2.75) is 70.1 Å². The van der Waals surface area contributed by atoms with Gasteiger partial charge in [-0.25, -0.2) is 8.42 Å². The molecule has 0 aliphatic heterocycles. The molecule has 0 saturated carbocycles. The molecule has 4 N–H and O–H groups in total. The third-order valence-electron chi connectivity index (χ3n) is 7.44. The molecule has 0 aliphatic rings. The fourth-order valence-electron chi connectivity index (χ4n) is 5.06. The Morgan fingerprint density at radius 3 is 1.56 bits per heavy atom.